The van der Waals surface area contributed by atoms with Crippen LogP contribution in [0.15, 0.2) is 21.2 Å². The van der Waals surface area contributed by atoms with E-state index in [1.807, 2.05) is 0 Å². The molecule has 0 aliphatic rings. The number of hydrogen-bond acceptors (Lipinski definition) is 3. The molecule has 15 heavy (non-hydrogen) atoms. The minimum absolute atomic E-state index is 0.0438. The standard InChI is InChI=1S/C9H10BrNO4/c10-7-4-3-6(15-7)9(14)11-5-1-2-8(12)13/h3-4H,1-2,5H2,(H,11,14)(H,12,13). The first-order valence-corrected chi connectivity index (χ1v) is 5.14. The van der Waals surface area contributed by atoms with Crippen molar-refractivity contribution in [2.45, 2.75) is 12.8 Å². The van der Waals surface area contributed by atoms with Crippen LogP contribution in [0.1, 0.15) is 23.4 Å². The molecule has 5 nitrogen and oxygen atoms in total. The molecule has 2 N–H and O–H groups in total. The number of nitrogens with one attached hydrogen (secondary N) is 1. The van der Waals surface area contributed by atoms with E-state index in [0.717, 1.165) is 0 Å². The number of carbonyl (C=O) groups is 2. The zero-order valence-electron chi connectivity index (χ0n) is 7.83. The van der Waals surface area contributed by atoms with Crippen LogP contribution in [0.2, 0.25) is 0 Å². The monoisotopic (exact) mass is 275 g/mol. The lowest BCUT2D eigenvalue weighted by atomic mass is 10.3. The minimum atomic E-state index is -0.870. The van der Waals surface area contributed by atoms with Crippen molar-refractivity contribution in [2.24, 2.45) is 0 Å². The first-order valence-electron chi connectivity index (χ1n) is 4.35. The van der Waals surface area contributed by atoms with Crippen LogP contribution in [-0.4, -0.2) is 23.5 Å². The zero-order chi connectivity index (χ0) is 11.3. The van der Waals surface area contributed by atoms with Gasteiger partial charge < -0.3 is 14.8 Å². The maximum absolute atomic E-state index is 11.3. The number of furan rings is 1. The SMILES string of the molecule is O=C(O)CCCNC(=O)c1ccc(Br)o1. The highest BCUT2D eigenvalue weighted by atomic mass is 79.9. The maximum atomic E-state index is 11.3. The Bertz CT molecular complexity index is 361. The van der Waals surface area contributed by atoms with E-state index >= 15 is 0 Å². The van der Waals surface area contributed by atoms with Crippen LogP contribution in [0, 0.1) is 0 Å². The van der Waals surface area contributed by atoms with Gasteiger partial charge >= 0.3 is 5.97 Å². The molecule has 0 aromatic carbocycles. The normalized spacial score (nSPS) is 9.93. The van der Waals surface area contributed by atoms with E-state index in [1.165, 1.54) is 6.07 Å². The number of carboxylic acid groups (broad SMARTS) is 1. The van der Waals surface area contributed by atoms with Crippen LogP contribution < -0.4 is 5.32 Å². The minimum Gasteiger partial charge on any atom is -0.481 e. The van der Waals surface area contributed by atoms with Crippen molar-refractivity contribution in [3.63, 3.8) is 0 Å². The third-order valence-electron chi connectivity index (χ3n) is 1.65. The summed E-state index contributed by atoms with van der Waals surface area (Å²) in [7, 11) is 0. The van der Waals surface area contributed by atoms with Crippen LogP contribution in [0.25, 0.3) is 0 Å². The Kier molecular flexibility index (Phi) is 4.36. The fraction of sp³-hybridized carbons (Fsp3) is 0.333. The van der Waals surface area contributed by atoms with Crippen LogP contribution in [0.4, 0.5) is 0 Å². The molecule has 0 aliphatic heterocycles. The van der Waals surface area contributed by atoms with Gasteiger partial charge in [0, 0.05) is 13.0 Å². The van der Waals surface area contributed by atoms with Crippen molar-refractivity contribution < 1.29 is 19.1 Å². The lowest BCUT2D eigenvalue weighted by Crippen LogP contribution is -2.24. The van der Waals surface area contributed by atoms with Crippen LogP contribution in [-0.2, 0) is 4.79 Å². The van der Waals surface area contributed by atoms with E-state index in [0.29, 0.717) is 17.6 Å². The summed E-state index contributed by atoms with van der Waals surface area (Å²) in [4.78, 5) is 21.5. The Hall–Kier alpha value is -1.30. The second-order valence-electron chi connectivity index (χ2n) is 2.86. The number of halogens is 1. The van der Waals surface area contributed by atoms with Crippen LogP contribution in [0.3, 0.4) is 0 Å². The predicted octanol–water partition coefficient (Wildman–Crippen LogP) is 1.64. The Morgan fingerprint density at radius 3 is 2.73 bits per heavy atom. The predicted molar refractivity (Wildman–Crippen MR) is 55.6 cm³/mol. The summed E-state index contributed by atoms with van der Waals surface area (Å²) in [5.41, 5.74) is 0. The Labute approximate surface area is 94.6 Å². The van der Waals surface area contributed by atoms with E-state index in [4.69, 9.17) is 9.52 Å². The molecule has 0 bridgehead atoms. The average molecular weight is 276 g/mol. The lowest BCUT2D eigenvalue weighted by Gasteiger charge is -2.00. The van der Waals surface area contributed by atoms with Gasteiger partial charge in [-0.2, -0.15) is 0 Å². The third kappa shape index (κ3) is 4.16. The molecular weight excluding hydrogens is 266 g/mol. The fourth-order valence-electron chi connectivity index (χ4n) is 0.965. The first-order chi connectivity index (χ1) is 7.09. The molecule has 1 amide bonds. The summed E-state index contributed by atoms with van der Waals surface area (Å²) in [6.07, 6.45) is 0.449. The zero-order valence-corrected chi connectivity index (χ0v) is 9.41. The van der Waals surface area contributed by atoms with Crippen molar-refractivity contribution in [3.05, 3.63) is 22.6 Å². The van der Waals surface area contributed by atoms with E-state index < -0.39 is 5.97 Å². The van der Waals surface area contributed by atoms with Crippen molar-refractivity contribution in [3.8, 4) is 0 Å². The number of carbonyl (C=O) groups excluding carboxylic acids is 1. The number of rotatable bonds is 5. The molecule has 1 aromatic rings. The third-order valence-corrected chi connectivity index (χ3v) is 2.08. The topological polar surface area (TPSA) is 79.5 Å². The highest BCUT2D eigenvalue weighted by Gasteiger charge is 2.09. The van der Waals surface area contributed by atoms with Crippen molar-refractivity contribution in [1.82, 2.24) is 5.32 Å². The fourth-order valence-corrected chi connectivity index (χ4v) is 1.27. The van der Waals surface area contributed by atoms with E-state index in [2.05, 4.69) is 21.2 Å². The Morgan fingerprint density at radius 2 is 2.20 bits per heavy atom. The quantitative estimate of drug-likeness (QED) is 0.801. The lowest BCUT2D eigenvalue weighted by molar-refractivity contribution is -0.137. The van der Waals surface area contributed by atoms with Crippen LogP contribution >= 0.6 is 15.9 Å². The molecule has 0 spiro atoms. The first kappa shape index (κ1) is 11.8. The summed E-state index contributed by atoms with van der Waals surface area (Å²) in [5.74, 6) is -1.01. The van der Waals surface area contributed by atoms with Gasteiger partial charge in [-0.1, -0.05) is 0 Å². The van der Waals surface area contributed by atoms with Gasteiger partial charge in [-0.25, -0.2) is 0 Å². The molecule has 1 rings (SSSR count). The number of aliphatic carboxylic acids is 1. The van der Waals surface area contributed by atoms with E-state index in [1.54, 1.807) is 6.07 Å². The average Bonchev–Trinajstić information content (AvgIpc) is 2.59. The molecular formula is C9H10BrNO4. The smallest absolute Gasteiger partial charge is 0.303 e. The van der Waals surface area contributed by atoms with Crippen LogP contribution in [0.5, 0.6) is 0 Å². The number of hydrogen-bond donors (Lipinski definition) is 2. The van der Waals surface area contributed by atoms with Gasteiger partial charge in [-0.3, -0.25) is 9.59 Å². The van der Waals surface area contributed by atoms with Gasteiger partial charge in [0.1, 0.15) is 0 Å². The Morgan fingerprint density at radius 1 is 1.47 bits per heavy atom. The second-order valence-corrected chi connectivity index (χ2v) is 3.64. The van der Waals surface area contributed by atoms with E-state index in [9.17, 15) is 9.59 Å². The Balaban J connectivity index is 2.28. The highest BCUT2D eigenvalue weighted by Crippen LogP contribution is 2.13. The molecule has 82 valence electrons. The molecule has 1 heterocycles. The summed E-state index contributed by atoms with van der Waals surface area (Å²) in [6, 6.07) is 3.16. The molecule has 0 saturated heterocycles. The highest BCUT2D eigenvalue weighted by molar-refractivity contribution is 9.10. The van der Waals surface area contributed by atoms with E-state index in [-0.39, 0.29) is 18.1 Å². The largest absolute Gasteiger partial charge is 0.481 e. The molecule has 0 saturated carbocycles. The summed E-state index contributed by atoms with van der Waals surface area (Å²) < 4.78 is 5.50. The van der Waals surface area contributed by atoms with Gasteiger partial charge in [0.25, 0.3) is 5.91 Å². The number of carboxylic acids is 1. The second kappa shape index (κ2) is 5.55. The summed E-state index contributed by atoms with van der Waals surface area (Å²) >= 11 is 3.08. The molecule has 6 heteroatoms. The van der Waals surface area contributed by atoms with Crippen molar-refractivity contribution in [1.29, 1.82) is 0 Å². The molecule has 0 unspecified atom stereocenters. The number of amides is 1. The molecule has 0 aliphatic carbocycles. The van der Waals surface area contributed by atoms with Gasteiger partial charge in [0.15, 0.2) is 10.4 Å². The van der Waals surface area contributed by atoms with Gasteiger partial charge in [-0.05, 0) is 34.5 Å². The van der Waals surface area contributed by atoms with Gasteiger partial charge in [0.2, 0.25) is 0 Å². The maximum Gasteiger partial charge on any atom is 0.303 e. The summed E-state index contributed by atoms with van der Waals surface area (Å²) in [5, 5.41) is 10.9. The van der Waals surface area contributed by atoms with Crippen molar-refractivity contribution >= 4 is 27.8 Å². The van der Waals surface area contributed by atoms with Gasteiger partial charge in [-0.15, -0.1) is 0 Å². The molecule has 0 radical (unpaired) electrons. The molecule has 1 aromatic heterocycles. The molecule has 0 fully saturated rings. The van der Waals surface area contributed by atoms with Gasteiger partial charge in [0.05, 0.1) is 0 Å². The summed E-state index contributed by atoms with van der Waals surface area (Å²) in [6.45, 7) is 0.323. The molecule has 0 atom stereocenters. The van der Waals surface area contributed by atoms with Crippen molar-refractivity contribution in [2.75, 3.05) is 6.54 Å².